The number of allylic oxidation sites excluding steroid dienone is 2. The van der Waals surface area contributed by atoms with Crippen molar-refractivity contribution in [3.8, 4) is 0 Å². The van der Waals surface area contributed by atoms with Gasteiger partial charge in [-0.2, -0.15) is 0 Å². The van der Waals surface area contributed by atoms with Crippen LogP contribution in [0.2, 0.25) is 0 Å². The van der Waals surface area contributed by atoms with E-state index in [4.69, 9.17) is 0 Å². The number of rotatable bonds is 3. The standard InChI is InChI=1S/C14H16OS/c1-16-14-4-2-3-13(9-14)12-7-5-11(10-15)6-8-12/h2-4,7,9-11H,5-6,8H2,1H3. The van der Waals surface area contributed by atoms with Gasteiger partial charge in [0.05, 0.1) is 0 Å². The molecule has 0 bridgehead atoms. The predicted octanol–water partition coefficient (Wildman–Crippen LogP) is 3.79. The quantitative estimate of drug-likeness (QED) is 0.582. The average molecular weight is 232 g/mol. The van der Waals surface area contributed by atoms with E-state index >= 15 is 0 Å². The average Bonchev–Trinajstić information content (AvgIpc) is 2.39. The minimum absolute atomic E-state index is 0.243. The van der Waals surface area contributed by atoms with Gasteiger partial charge >= 0.3 is 0 Å². The SMILES string of the molecule is CSc1cccc(C2=CCC(C=O)CC2)c1. The Morgan fingerprint density at radius 1 is 1.44 bits per heavy atom. The molecule has 1 aliphatic rings. The largest absolute Gasteiger partial charge is 0.303 e. The van der Waals surface area contributed by atoms with Crippen molar-refractivity contribution in [2.24, 2.45) is 5.92 Å². The summed E-state index contributed by atoms with van der Waals surface area (Å²) in [4.78, 5) is 12.0. The van der Waals surface area contributed by atoms with Crippen molar-refractivity contribution in [3.63, 3.8) is 0 Å². The lowest BCUT2D eigenvalue weighted by atomic mass is 9.87. The Kier molecular flexibility index (Phi) is 3.83. The van der Waals surface area contributed by atoms with E-state index in [1.165, 1.54) is 16.0 Å². The fraction of sp³-hybridized carbons (Fsp3) is 0.357. The third-order valence-corrected chi connectivity index (χ3v) is 3.81. The zero-order chi connectivity index (χ0) is 11.4. The van der Waals surface area contributed by atoms with Gasteiger partial charge in [-0.15, -0.1) is 11.8 Å². The second-order valence-electron chi connectivity index (χ2n) is 4.13. The summed E-state index contributed by atoms with van der Waals surface area (Å²) < 4.78 is 0. The van der Waals surface area contributed by atoms with E-state index in [-0.39, 0.29) is 5.92 Å². The number of aldehydes is 1. The molecular formula is C14H16OS. The lowest BCUT2D eigenvalue weighted by Crippen LogP contribution is -2.06. The van der Waals surface area contributed by atoms with Crippen LogP contribution in [0, 0.1) is 5.92 Å². The van der Waals surface area contributed by atoms with Gasteiger partial charge in [0.25, 0.3) is 0 Å². The van der Waals surface area contributed by atoms with Crippen LogP contribution < -0.4 is 0 Å². The molecule has 84 valence electrons. The molecule has 0 saturated heterocycles. The second-order valence-corrected chi connectivity index (χ2v) is 5.01. The molecule has 0 radical (unpaired) electrons. The molecule has 0 heterocycles. The highest BCUT2D eigenvalue weighted by Gasteiger charge is 2.14. The van der Waals surface area contributed by atoms with Crippen molar-refractivity contribution in [2.45, 2.75) is 24.2 Å². The maximum absolute atomic E-state index is 10.7. The van der Waals surface area contributed by atoms with E-state index < -0.39 is 0 Å². The first-order chi connectivity index (χ1) is 7.83. The molecule has 1 atom stereocenters. The van der Waals surface area contributed by atoms with Crippen molar-refractivity contribution in [2.75, 3.05) is 6.26 Å². The molecule has 1 aliphatic carbocycles. The first-order valence-corrected chi connectivity index (χ1v) is 6.84. The van der Waals surface area contributed by atoms with Crippen molar-refractivity contribution < 1.29 is 4.79 Å². The molecule has 0 aromatic heterocycles. The first kappa shape index (κ1) is 11.5. The van der Waals surface area contributed by atoms with Gasteiger partial charge < -0.3 is 4.79 Å². The van der Waals surface area contributed by atoms with Crippen molar-refractivity contribution in [1.29, 1.82) is 0 Å². The van der Waals surface area contributed by atoms with Gasteiger partial charge in [0.2, 0.25) is 0 Å². The molecule has 16 heavy (non-hydrogen) atoms. The zero-order valence-corrected chi connectivity index (χ0v) is 10.3. The van der Waals surface area contributed by atoms with Crippen LogP contribution in [-0.2, 0) is 4.79 Å². The smallest absolute Gasteiger partial charge is 0.123 e. The summed E-state index contributed by atoms with van der Waals surface area (Å²) in [5, 5.41) is 0. The van der Waals surface area contributed by atoms with Crippen LogP contribution >= 0.6 is 11.8 Å². The summed E-state index contributed by atoms with van der Waals surface area (Å²) in [6.07, 6.45) is 8.34. The Labute approximate surface area is 101 Å². The highest BCUT2D eigenvalue weighted by molar-refractivity contribution is 7.98. The molecule has 0 aliphatic heterocycles. The van der Waals surface area contributed by atoms with E-state index in [0.29, 0.717) is 0 Å². The zero-order valence-electron chi connectivity index (χ0n) is 9.48. The molecule has 1 nitrogen and oxygen atoms in total. The van der Waals surface area contributed by atoms with Gasteiger partial charge in [-0.1, -0.05) is 18.2 Å². The molecule has 1 unspecified atom stereocenters. The molecule has 0 saturated carbocycles. The number of hydrogen-bond donors (Lipinski definition) is 0. The summed E-state index contributed by atoms with van der Waals surface area (Å²) in [6, 6.07) is 8.63. The minimum atomic E-state index is 0.243. The Morgan fingerprint density at radius 2 is 2.31 bits per heavy atom. The lowest BCUT2D eigenvalue weighted by molar-refractivity contribution is -0.111. The third kappa shape index (κ3) is 2.56. The van der Waals surface area contributed by atoms with Crippen LogP contribution in [0.15, 0.2) is 35.2 Å². The molecule has 2 heteroatoms. The summed E-state index contributed by atoms with van der Waals surface area (Å²) >= 11 is 1.77. The first-order valence-electron chi connectivity index (χ1n) is 5.62. The third-order valence-electron chi connectivity index (χ3n) is 3.08. The Bertz CT molecular complexity index is 409. The predicted molar refractivity (Wildman–Crippen MR) is 69.6 cm³/mol. The summed E-state index contributed by atoms with van der Waals surface area (Å²) in [5.41, 5.74) is 2.71. The van der Waals surface area contributed by atoms with Gasteiger partial charge in [0.1, 0.15) is 6.29 Å². The molecular weight excluding hydrogens is 216 g/mol. The minimum Gasteiger partial charge on any atom is -0.303 e. The van der Waals surface area contributed by atoms with Gasteiger partial charge in [0, 0.05) is 10.8 Å². The van der Waals surface area contributed by atoms with Gasteiger partial charge in [-0.25, -0.2) is 0 Å². The lowest BCUT2D eigenvalue weighted by Gasteiger charge is -2.17. The molecule has 2 rings (SSSR count). The van der Waals surface area contributed by atoms with Crippen molar-refractivity contribution in [3.05, 3.63) is 35.9 Å². The van der Waals surface area contributed by atoms with Crippen LogP contribution in [0.5, 0.6) is 0 Å². The number of carbonyl (C=O) groups is 1. The van der Waals surface area contributed by atoms with E-state index in [0.717, 1.165) is 25.5 Å². The van der Waals surface area contributed by atoms with E-state index in [1.54, 1.807) is 11.8 Å². The molecule has 1 aromatic rings. The maximum atomic E-state index is 10.7. The normalized spacial score (nSPS) is 20.3. The van der Waals surface area contributed by atoms with Crippen LogP contribution in [0.4, 0.5) is 0 Å². The topological polar surface area (TPSA) is 17.1 Å². The Balaban J connectivity index is 2.18. The Morgan fingerprint density at radius 3 is 2.94 bits per heavy atom. The van der Waals surface area contributed by atoms with Crippen molar-refractivity contribution >= 4 is 23.6 Å². The summed E-state index contributed by atoms with van der Waals surface area (Å²) in [6.45, 7) is 0. The van der Waals surface area contributed by atoms with Crippen molar-refractivity contribution in [1.82, 2.24) is 0 Å². The van der Waals surface area contributed by atoms with Crippen LogP contribution in [0.25, 0.3) is 5.57 Å². The maximum Gasteiger partial charge on any atom is 0.123 e. The molecule has 0 fully saturated rings. The number of hydrogen-bond acceptors (Lipinski definition) is 2. The summed E-state index contributed by atoms with van der Waals surface area (Å²) in [7, 11) is 0. The number of carbonyl (C=O) groups excluding carboxylic acids is 1. The van der Waals surface area contributed by atoms with Crippen LogP contribution in [-0.4, -0.2) is 12.5 Å². The molecule has 0 spiro atoms. The van der Waals surface area contributed by atoms with E-state index in [9.17, 15) is 4.79 Å². The second kappa shape index (κ2) is 5.35. The van der Waals surface area contributed by atoms with Gasteiger partial charge in [0.15, 0.2) is 0 Å². The molecule has 0 amide bonds. The summed E-state index contributed by atoms with van der Waals surface area (Å²) in [5.74, 6) is 0.243. The van der Waals surface area contributed by atoms with Crippen LogP contribution in [0.1, 0.15) is 24.8 Å². The Hall–Kier alpha value is -1.02. The van der Waals surface area contributed by atoms with E-state index in [1.807, 2.05) is 0 Å². The molecule has 1 aromatic carbocycles. The monoisotopic (exact) mass is 232 g/mol. The van der Waals surface area contributed by atoms with E-state index in [2.05, 4.69) is 36.6 Å². The van der Waals surface area contributed by atoms with Crippen LogP contribution in [0.3, 0.4) is 0 Å². The number of benzene rings is 1. The fourth-order valence-corrected chi connectivity index (χ4v) is 2.52. The highest BCUT2D eigenvalue weighted by atomic mass is 32.2. The van der Waals surface area contributed by atoms with Gasteiger partial charge in [-0.3, -0.25) is 0 Å². The molecule has 0 N–H and O–H groups in total. The fourth-order valence-electron chi connectivity index (χ4n) is 2.06. The number of thioether (sulfide) groups is 1. The highest BCUT2D eigenvalue weighted by Crippen LogP contribution is 2.30. The van der Waals surface area contributed by atoms with Gasteiger partial charge in [-0.05, 0) is 48.8 Å².